The van der Waals surface area contributed by atoms with Crippen molar-refractivity contribution in [3.05, 3.63) is 74.8 Å². The van der Waals surface area contributed by atoms with Gasteiger partial charge in [0.1, 0.15) is 5.82 Å². The summed E-state index contributed by atoms with van der Waals surface area (Å²) in [5.74, 6) is -0.294. The van der Waals surface area contributed by atoms with Gasteiger partial charge in [0.15, 0.2) is 6.61 Å². The molecular weight excluding hydrogens is 442 g/mol. The predicted molar refractivity (Wildman–Crippen MR) is 126 cm³/mol. The standard InChI is InChI=1S/C25H26ClN3O4/c1-16(17-7-10-19(26)11-8-17)27-23(30)15-33-25(32)18-9-12-20-21(14-18)28-22-6-4-2-3-5-13-29(22)24(20)31/h7-12,14,16H,2-6,13,15H2,1H3,(H,27,30). The van der Waals surface area contributed by atoms with Gasteiger partial charge in [-0.3, -0.25) is 14.2 Å². The second kappa shape index (κ2) is 10.2. The number of hydrogen-bond donors (Lipinski definition) is 1. The lowest BCUT2D eigenvalue weighted by molar-refractivity contribution is -0.124. The average molecular weight is 468 g/mol. The average Bonchev–Trinajstić information content (AvgIpc) is 2.79. The quantitative estimate of drug-likeness (QED) is 0.568. The fraction of sp³-hybridized carbons (Fsp3) is 0.360. The largest absolute Gasteiger partial charge is 0.452 e. The Morgan fingerprint density at radius 3 is 2.67 bits per heavy atom. The molecule has 1 unspecified atom stereocenters. The Morgan fingerprint density at radius 2 is 1.88 bits per heavy atom. The molecule has 7 nitrogen and oxygen atoms in total. The van der Waals surface area contributed by atoms with Crippen molar-refractivity contribution in [3.8, 4) is 0 Å². The van der Waals surface area contributed by atoms with E-state index in [4.69, 9.17) is 16.3 Å². The monoisotopic (exact) mass is 467 g/mol. The molecule has 2 aromatic carbocycles. The Balaban J connectivity index is 1.43. The van der Waals surface area contributed by atoms with Gasteiger partial charge in [0.25, 0.3) is 11.5 Å². The maximum absolute atomic E-state index is 12.9. The van der Waals surface area contributed by atoms with Crippen LogP contribution >= 0.6 is 11.6 Å². The first-order valence-electron chi connectivity index (χ1n) is 11.2. The Bertz CT molecular complexity index is 1240. The molecule has 2 heterocycles. The molecule has 0 bridgehead atoms. The van der Waals surface area contributed by atoms with Gasteiger partial charge in [0, 0.05) is 18.0 Å². The van der Waals surface area contributed by atoms with E-state index in [0.717, 1.165) is 43.5 Å². The van der Waals surface area contributed by atoms with Crippen LogP contribution in [0, 0.1) is 0 Å². The Morgan fingerprint density at radius 1 is 1.12 bits per heavy atom. The molecule has 0 saturated heterocycles. The molecule has 0 fully saturated rings. The third kappa shape index (κ3) is 5.42. The molecule has 1 atom stereocenters. The van der Waals surface area contributed by atoms with Crippen molar-refractivity contribution in [2.45, 2.75) is 51.6 Å². The summed E-state index contributed by atoms with van der Waals surface area (Å²) in [6, 6.07) is 11.6. The molecule has 0 aliphatic carbocycles. The van der Waals surface area contributed by atoms with Crippen molar-refractivity contribution in [2.75, 3.05) is 6.61 Å². The number of ether oxygens (including phenoxy) is 1. The van der Waals surface area contributed by atoms with Crippen LogP contribution in [0.15, 0.2) is 47.3 Å². The Labute approximate surface area is 196 Å². The van der Waals surface area contributed by atoms with Crippen LogP contribution in [-0.4, -0.2) is 28.0 Å². The molecule has 0 saturated carbocycles. The van der Waals surface area contributed by atoms with Crippen molar-refractivity contribution < 1.29 is 14.3 Å². The normalized spacial score (nSPS) is 14.6. The fourth-order valence-electron chi connectivity index (χ4n) is 4.05. The molecule has 1 N–H and O–H groups in total. The van der Waals surface area contributed by atoms with Gasteiger partial charge in [-0.25, -0.2) is 9.78 Å². The number of hydrogen-bond acceptors (Lipinski definition) is 5. The van der Waals surface area contributed by atoms with E-state index in [1.807, 2.05) is 19.1 Å². The lowest BCUT2D eigenvalue weighted by Crippen LogP contribution is -2.31. The highest BCUT2D eigenvalue weighted by Crippen LogP contribution is 2.18. The smallest absolute Gasteiger partial charge is 0.338 e. The zero-order chi connectivity index (χ0) is 23.4. The van der Waals surface area contributed by atoms with Crippen LogP contribution in [0.5, 0.6) is 0 Å². The number of nitrogens with one attached hydrogen (secondary N) is 1. The molecule has 1 aliphatic heterocycles. The van der Waals surface area contributed by atoms with E-state index in [1.54, 1.807) is 28.8 Å². The van der Waals surface area contributed by atoms with E-state index < -0.39 is 18.5 Å². The van der Waals surface area contributed by atoms with Gasteiger partial charge in [-0.05, 0) is 55.7 Å². The van der Waals surface area contributed by atoms with Crippen molar-refractivity contribution >= 4 is 34.4 Å². The van der Waals surface area contributed by atoms with Crippen molar-refractivity contribution in [1.82, 2.24) is 14.9 Å². The number of aromatic nitrogens is 2. The van der Waals surface area contributed by atoms with Crippen LogP contribution in [0.3, 0.4) is 0 Å². The van der Waals surface area contributed by atoms with Crippen LogP contribution < -0.4 is 10.9 Å². The lowest BCUT2D eigenvalue weighted by Gasteiger charge is -2.16. The minimum Gasteiger partial charge on any atom is -0.452 e. The minimum absolute atomic E-state index is 0.0765. The summed E-state index contributed by atoms with van der Waals surface area (Å²) < 4.78 is 6.95. The molecule has 1 aromatic heterocycles. The number of halogens is 1. The number of nitrogens with zero attached hydrogens (tertiary/aromatic N) is 2. The molecular formula is C25H26ClN3O4. The van der Waals surface area contributed by atoms with Crippen LogP contribution in [0.2, 0.25) is 5.02 Å². The molecule has 1 amide bonds. The topological polar surface area (TPSA) is 90.3 Å². The molecule has 0 radical (unpaired) electrons. The predicted octanol–water partition coefficient (Wildman–Crippen LogP) is 4.20. The van der Waals surface area contributed by atoms with Crippen LogP contribution in [0.4, 0.5) is 0 Å². The third-order valence-corrected chi connectivity index (χ3v) is 6.14. The van der Waals surface area contributed by atoms with E-state index in [0.29, 0.717) is 22.5 Å². The highest BCUT2D eigenvalue weighted by Gasteiger charge is 2.17. The molecule has 8 heteroatoms. The Hall–Kier alpha value is -3.19. The van der Waals surface area contributed by atoms with E-state index in [9.17, 15) is 14.4 Å². The summed E-state index contributed by atoms with van der Waals surface area (Å²) in [7, 11) is 0. The van der Waals surface area contributed by atoms with Crippen LogP contribution in [0.25, 0.3) is 10.9 Å². The summed E-state index contributed by atoms with van der Waals surface area (Å²) in [6.45, 7) is 2.10. The summed E-state index contributed by atoms with van der Waals surface area (Å²) in [5, 5.41) is 3.88. The second-order valence-corrected chi connectivity index (χ2v) is 8.73. The van der Waals surface area contributed by atoms with Crippen LogP contribution in [0.1, 0.15) is 60.4 Å². The molecule has 172 valence electrons. The second-order valence-electron chi connectivity index (χ2n) is 8.30. The summed E-state index contributed by atoms with van der Waals surface area (Å²) in [4.78, 5) is 42.4. The lowest BCUT2D eigenvalue weighted by atomic mass is 10.1. The highest BCUT2D eigenvalue weighted by atomic mass is 35.5. The SMILES string of the molecule is CC(NC(=O)COC(=O)c1ccc2c(=O)n3c(nc2c1)CCCCCC3)c1ccc(Cl)cc1. The molecule has 1 aliphatic rings. The molecule has 4 rings (SSSR count). The Kier molecular flexibility index (Phi) is 7.08. The number of aryl methyl sites for hydroxylation is 1. The minimum atomic E-state index is -0.639. The van der Waals surface area contributed by atoms with E-state index in [1.165, 1.54) is 6.07 Å². The fourth-order valence-corrected chi connectivity index (χ4v) is 4.18. The first-order valence-corrected chi connectivity index (χ1v) is 11.6. The molecule has 3 aromatic rings. The number of fused-ring (bicyclic) bond motifs is 2. The van der Waals surface area contributed by atoms with E-state index >= 15 is 0 Å². The van der Waals surface area contributed by atoms with Gasteiger partial charge in [-0.1, -0.05) is 36.6 Å². The summed E-state index contributed by atoms with van der Waals surface area (Å²) >= 11 is 5.89. The van der Waals surface area contributed by atoms with Crippen LogP contribution in [-0.2, 0) is 22.5 Å². The van der Waals surface area contributed by atoms with Gasteiger partial charge >= 0.3 is 5.97 Å². The first kappa shape index (κ1) is 23.0. The molecule has 0 spiro atoms. The first-order chi connectivity index (χ1) is 15.9. The van der Waals surface area contributed by atoms with Gasteiger partial charge < -0.3 is 10.1 Å². The van der Waals surface area contributed by atoms with E-state index in [2.05, 4.69) is 10.3 Å². The number of carbonyl (C=O) groups is 2. The number of rotatable bonds is 5. The maximum atomic E-state index is 12.9. The van der Waals surface area contributed by atoms with Crippen molar-refractivity contribution in [3.63, 3.8) is 0 Å². The van der Waals surface area contributed by atoms with E-state index in [-0.39, 0.29) is 17.2 Å². The zero-order valence-corrected chi connectivity index (χ0v) is 19.2. The number of benzene rings is 2. The van der Waals surface area contributed by atoms with Crippen molar-refractivity contribution in [2.24, 2.45) is 0 Å². The number of esters is 1. The summed E-state index contributed by atoms with van der Waals surface area (Å²) in [5.41, 5.74) is 1.54. The third-order valence-electron chi connectivity index (χ3n) is 5.88. The summed E-state index contributed by atoms with van der Waals surface area (Å²) in [6.07, 6.45) is 4.93. The van der Waals surface area contributed by atoms with Gasteiger partial charge in [0.2, 0.25) is 0 Å². The zero-order valence-electron chi connectivity index (χ0n) is 18.5. The number of amides is 1. The van der Waals surface area contributed by atoms with Gasteiger partial charge in [-0.15, -0.1) is 0 Å². The highest BCUT2D eigenvalue weighted by molar-refractivity contribution is 6.30. The van der Waals surface area contributed by atoms with Crippen molar-refractivity contribution in [1.29, 1.82) is 0 Å². The maximum Gasteiger partial charge on any atom is 0.338 e. The van der Waals surface area contributed by atoms with Gasteiger partial charge in [0.05, 0.1) is 22.5 Å². The molecule has 33 heavy (non-hydrogen) atoms. The number of carbonyl (C=O) groups excluding carboxylic acids is 2. The van der Waals surface area contributed by atoms with Gasteiger partial charge in [-0.2, -0.15) is 0 Å².